The lowest BCUT2D eigenvalue weighted by atomic mass is 10.2. The number of anilines is 1. The Morgan fingerprint density at radius 2 is 2.25 bits per heavy atom. The summed E-state index contributed by atoms with van der Waals surface area (Å²) in [7, 11) is 0. The molecular weight excluding hydrogens is 226 g/mol. The number of nitro groups is 1. The van der Waals surface area contributed by atoms with Gasteiger partial charge in [-0.05, 0) is 26.0 Å². The van der Waals surface area contributed by atoms with E-state index in [2.05, 4.69) is 10.3 Å². The average Bonchev–Trinajstić information content (AvgIpc) is 2.63. The Morgan fingerprint density at radius 3 is 2.88 bits per heavy atom. The van der Waals surface area contributed by atoms with Crippen LogP contribution in [-0.2, 0) is 0 Å². The van der Waals surface area contributed by atoms with Crippen LogP contribution in [0.25, 0.3) is 10.2 Å². The number of nitro benzene ring substituents is 1. The fraction of sp³-hybridized carbons (Fsp3) is 0.300. The number of aromatic nitrogens is 1. The van der Waals surface area contributed by atoms with E-state index in [1.807, 2.05) is 19.9 Å². The zero-order valence-corrected chi connectivity index (χ0v) is 9.75. The third-order valence-electron chi connectivity index (χ3n) is 2.10. The van der Waals surface area contributed by atoms with Crippen molar-refractivity contribution in [2.45, 2.75) is 19.9 Å². The molecule has 0 saturated carbocycles. The molecule has 0 unspecified atom stereocenters. The van der Waals surface area contributed by atoms with Crippen molar-refractivity contribution in [2.75, 3.05) is 5.32 Å². The van der Waals surface area contributed by atoms with Gasteiger partial charge in [0, 0.05) is 6.04 Å². The predicted octanol–water partition coefficient (Wildman–Crippen LogP) is 3.02. The summed E-state index contributed by atoms with van der Waals surface area (Å²) in [5.74, 6) is 0. The molecule has 0 radical (unpaired) electrons. The van der Waals surface area contributed by atoms with Gasteiger partial charge in [0.25, 0.3) is 0 Å². The maximum atomic E-state index is 11.0. The highest BCUT2D eigenvalue weighted by Gasteiger charge is 2.20. The molecule has 1 N–H and O–H groups in total. The largest absolute Gasteiger partial charge is 0.377 e. The molecule has 2 aromatic rings. The van der Waals surface area contributed by atoms with Crippen LogP contribution in [0.2, 0.25) is 0 Å². The molecule has 0 bridgehead atoms. The summed E-state index contributed by atoms with van der Waals surface area (Å²) in [6.45, 7) is 3.88. The highest BCUT2D eigenvalue weighted by atomic mass is 32.1. The fourth-order valence-corrected chi connectivity index (χ4v) is 2.21. The van der Waals surface area contributed by atoms with Crippen molar-refractivity contribution in [3.8, 4) is 0 Å². The number of fused-ring (bicyclic) bond motifs is 1. The molecule has 16 heavy (non-hydrogen) atoms. The van der Waals surface area contributed by atoms with Crippen molar-refractivity contribution in [1.29, 1.82) is 0 Å². The van der Waals surface area contributed by atoms with Gasteiger partial charge in [-0.1, -0.05) is 0 Å². The van der Waals surface area contributed by atoms with Gasteiger partial charge < -0.3 is 5.32 Å². The second kappa shape index (κ2) is 4.05. The quantitative estimate of drug-likeness (QED) is 0.658. The molecule has 0 aliphatic heterocycles. The molecule has 0 aliphatic rings. The lowest BCUT2D eigenvalue weighted by Crippen LogP contribution is -2.11. The van der Waals surface area contributed by atoms with Crippen LogP contribution >= 0.6 is 11.3 Å². The van der Waals surface area contributed by atoms with Gasteiger partial charge in [-0.2, -0.15) is 0 Å². The molecule has 5 nitrogen and oxygen atoms in total. The second-order valence-electron chi connectivity index (χ2n) is 3.72. The van der Waals surface area contributed by atoms with E-state index >= 15 is 0 Å². The minimum Gasteiger partial charge on any atom is -0.377 e. The summed E-state index contributed by atoms with van der Waals surface area (Å²) >= 11 is 1.40. The van der Waals surface area contributed by atoms with Crippen LogP contribution in [-0.4, -0.2) is 15.9 Å². The molecular formula is C10H11N3O2S. The van der Waals surface area contributed by atoms with Crippen molar-refractivity contribution in [1.82, 2.24) is 4.98 Å². The molecule has 2 rings (SSSR count). The summed E-state index contributed by atoms with van der Waals surface area (Å²) in [6, 6.07) is 3.73. The third-order valence-corrected chi connectivity index (χ3v) is 2.90. The summed E-state index contributed by atoms with van der Waals surface area (Å²) in [5, 5.41) is 14.1. The van der Waals surface area contributed by atoms with Gasteiger partial charge in [0.2, 0.25) is 0 Å². The number of rotatable bonds is 3. The van der Waals surface area contributed by atoms with Crippen molar-refractivity contribution in [3.63, 3.8) is 0 Å². The van der Waals surface area contributed by atoms with E-state index in [1.54, 1.807) is 11.6 Å². The third kappa shape index (κ3) is 1.83. The Hall–Kier alpha value is -1.69. The van der Waals surface area contributed by atoms with Crippen LogP contribution in [0, 0.1) is 10.1 Å². The first kappa shape index (κ1) is 10.8. The molecule has 1 heterocycles. The average molecular weight is 237 g/mol. The van der Waals surface area contributed by atoms with Crippen LogP contribution < -0.4 is 5.32 Å². The van der Waals surface area contributed by atoms with E-state index in [-0.39, 0.29) is 16.7 Å². The number of thiazole rings is 1. The highest BCUT2D eigenvalue weighted by molar-refractivity contribution is 7.16. The van der Waals surface area contributed by atoms with Gasteiger partial charge in [-0.25, -0.2) is 4.98 Å². The fourth-order valence-electron chi connectivity index (χ4n) is 1.53. The zero-order valence-electron chi connectivity index (χ0n) is 8.93. The number of nitrogens with zero attached hydrogens (tertiary/aromatic N) is 2. The Labute approximate surface area is 96.3 Å². The first-order chi connectivity index (χ1) is 7.59. The van der Waals surface area contributed by atoms with Crippen LogP contribution in [0.5, 0.6) is 0 Å². The van der Waals surface area contributed by atoms with Crippen molar-refractivity contribution < 1.29 is 4.92 Å². The predicted molar refractivity (Wildman–Crippen MR) is 65.0 cm³/mol. The molecule has 1 aromatic heterocycles. The van der Waals surface area contributed by atoms with E-state index in [0.29, 0.717) is 11.2 Å². The van der Waals surface area contributed by atoms with Crippen LogP contribution in [0.15, 0.2) is 17.6 Å². The second-order valence-corrected chi connectivity index (χ2v) is 4.60. The standard InChI is InChI=1S/C10H11N3O2S/c1-6(2)12-7-3-4-8-9(11-5-16-8)10(7)13(14)15/h3-6,12H,1-2H3. The number of benzene rings is 1. The van der Waals surface area contributed by atoms with Gasteiger partial charge in [0.1, 0.15) is 5.69 Å². The molecule has 0 aliphatic carbocycles. The summed E-state index contributed by atoms with van der Waals surface area (Å²) in [5.41, 5.74) is 2.67. The molecule has 0 atom stereocenters. The van der Waals surface area contributed by atoms with Crippen LogP contribution in [0.3, 0.4) is 0 Å². The van der Waals surface area contributed by atoms with E-state index in [0.717, 1.165) is 4.70 Å². The molecule has 0 spiro atoms. The SMILES string of the molecule is CC(C)Nc1ccc2scnc2c1[N+](=O)[O-]. The Bertz CT molecular complexity index is 536. The summed E-state index contributed by atoms with van der Waals surface area (Å²) in [6.07, 6.45) is 0. The van der Waals surface area contributed by atoms with Gasteiger partial charge in [0.15, 0.2) is 5.52 Å². The smallest absolute Gasteiger partial charge is 0.319 e. The van der Waals surface area contributed by atoms with E-state index in [9.17, 15) is 10.1 Å². The number of hydrogen-bond acceptors (Lipinski definition) is 5. The normalized spacial score (nSPS) is 10.9. The summed E-state index contributed by atoms with van der Waals surface area (Å²) < 4.78 is 0.834. The minimum atomic E-state index is -0.382. The molecule has 6 heteroatoms. The Morgan fingerprint density at radius 1 is 1.50 bits per heavy atom. The van der Waals surface area contributed by atoms with Gasteiger partial charge in [-0.15, -0.1) is 11.3 Å². The highest BCUT2D eigenvalue weighted by Crippen LogP contribution is 2.34. The van der Waals surface area contributed by atoms with Gasteiger partial charge >= 0.3 is 5.69 Å². The molecule has 1 aromatic carbocycles. The summed E-state index contributed by atoms with van der Waals surface area (Å²) in [4.78, 5) is 14.7. The maximum absolute atomic E-state index is 11.0. The van der Waals surface area contributed by atoms with E-state index in [1.165, 1.54) is 11.3 Å². The lowest BCUT2D eigenvalue weighted by Gasteiger charge is -2.09. The molecule has 0 amide bonds. The molecule has 0 fully saturated rings. The maximum Gasteiger partial charge on any atom is 0.319 e. The van der Waals surface area contributed by atoms with Crippen molar-refractivity contribution in [2.24, 2.45) is 0 Å². The first-order valence-corrected chi connectivity index (χ1v) is 5.74. The minimum absolute atomic E-state index is 0.0625. The van der Waals surface area contributed by atoms with Crippen molar-refractivity contribution in [3.05, 3.63) is 27.8 Å². The van der Waals surface area contributed by atoms with Gasteiger partial charge in [0.05, 0.1) is 15.1 Å². The van der Waals surface area contributed by atoms with Crippen LogP contribution in [0.1, 0.15) is 13.8 Å². The number of hydrogen-bond donors (Lipinski definition) is 1. The first-order valence-electron chi connectivity index (χ1n) is 4.86. The number of nitrogens with one attached hydrogen (secondary N) is 1. The molecule has 0 saturated heterocycles. The van der Waals surface area contributed by atoms with Crippen LogP contribution in [0.4, 0.5) is 11.4 Å². The Balaban J connectivity index is 2.63. The zero-order chi connectivity index (χ0) is 11.7. The lowest BCUT2D eigenvalue weighted by molar-refractivity contribution is -0.382. The molecule has 84 valence electrons. The van der Waals surface area contributed by atoms with Crippen molar-refractivity contribution >= 4 is 32.9 Å². The van der Waals surface area contributed by atoms with E-state index in [4.69, 9.17) is 0 Å². The topological polar surface area (TPSA) is 68.1 Å². The van der Waals surface area contributed by atoms with Gasteiger partial charge in [-0.3, -0.25) is 10.1 Å². The Kier molecular flexibility index (Phi) is 2.74. The van der Waals surface area contributed by atoms with E-state index < -0.39 is 0 Å². The monoisotopic (exact) mass is 237 g/mol.